The predicted octanol–water partition coefficient (Wildman–Crippen LogP) is 3.22. The Morgan fingerprint density at radius 2 is 1.65 bits per heavy atom. The number of thiocarbonyl (C=S) groups is 1. The predicted molar refractivity (Wildman–Crippen MR) is 135 cm³/mol. The zero-order valence-corrected chi connectivity index (χ0v) is 20.1. The first kappa shape index (κ1) is 26.9. The Kier molecular flexibility index (Phi) is 12.3. The zero-order chi connectivity index (χ0) is 24.6. The Bertz CT molecular complexity index is 953. The summed E-state index contributed by atoms with van der Waals surface area (Å²) in [6.07, 6.45) is 2.23. The molecule has 8 nitrogen and oxygen atoms in total. The van der Waals surface area contributed by atoms with E-state index in [2.05, 4.69) is 16.0 Å². The molecule has 0 aromatic heterocycles. The highest BCUT2D eigenvalue weighted by molar-refractivity contribution is 7.80. The van der Waals surface area contributed by atoms with E-state index in [1.165, 1.54) is 5.56 Å². The van der Waals surface area contributed by atoms with Crippen molar-refractivity contribution in [3.05, 3.63) is 65.7 Å². The number of rotatable bonds is 13. The number of methoxy groups -OCH3 is 1. The molecule has 0 spiro atoms. The Labute approximate surface area is 205 Å². The molecule has 0 radical (unpaired) electrons. The van der Waals surface area contributed by atoms with Crippen LogP contribution in [0.2, 0.25) is 0 Å². The molecule has 0 saturated heterocycles. The highest BCUT2D eigenvalue weighted by atomic mass is 32.1. The van der Waals surface area contributed by atoms with Gasteiger partial charge in [-0.05, 0) is 49.2 Å². The Morgan fingerprint density at radius 3 is 2.41 bits per heavy atom. The van der Waals surface area contributed by atoms with Gasteiger partial charge in [0.05, 0.1) is 24.5 Å². The lowest BCUT2D eigenvalue weighted by Crippen LogP contribution is -2.35. The smallest absolute Gasteiger partial charge is 0.305 e. The maximum Gasteiger partial charge on any atom is 0.305 e. The van der Waals surface area contributed by atoms with Gasteiger partial charge in [0.2, 0.25) is 5.91 Å². The molecule has 3 N–H and O–H groups in total. The normalized spacial score (nSPS) is 10.3. The van der Waals surface area contributed by atoms with Crippen LogP contribution in [0.1, 0.15) is 41.6 Å². The van der Waals surface area contributed by atoms with Crippen LogP contribution < -0.4 is 16.0 Å². The number of benzene rings is 2. The first-order valence-electron chi connectivity index (χ1n) is 11.2. The van der Waals surface area contributed by atoms with Crippen molar-refractivity contribution in [2.75, 3.05) is 32.2 Å². The van der Waals surface area contributed by atoms with Crippen LogP contribution in [0, 0.1) is 0 Å². The van der Waals surface area contributed by atoms with Gasteiger partial charge >= 0.3 is 5.97 Å². The fourth-order valence-electron chi connectivity index (χ4n) is 3.07. The Hall–Kier alpha value is -3.30. The lowest BCUT2D eigenvalue weighted by molar-refractivity contribution is -0.143. The van der Waals surface area contributed by atoms with Crippen molar-refractivity contribution in [1.29, 1.82) is 0 Å². The van der Waals surface area contributed by atoms with E-state index in [1.807, 2.05) is 30.3 Å². The molecule has 0 aliphatic carbocycles. The molecule has 0 aliphatic heterocycles. The molecule has 2 rings (SSSR count). The summed E-state index contributed by atoms with van der Waals surface area (Å²) in [5.74, 6) is -0.928. The molecule has 0 aliphatic rings. The SMILES string of the molecule is COCCNC(=O)c1ccccc1NC(=S)NC(=O)CCCC(=O)OCCCc1ccccc1. The van der Waals surface area contributed by atoms with Crippen LogP contribution in [0.4, 0.5) is 5.69 Å². The average molecular weight is 486 g/mol. The molecule has 2 aromatic rings. The second-order valence-electron chi connectivity index (χ2n) is 7.46. The number of amides is 2. The van der Waals surface area contributed by atoms with Crippen molar-refractivity contribution >= 4 is 40.8 Å². The van der Waals surface area contributed by atoms with Crippen LogP contribution in [0.15, 0.2) is 54.6 Å². The summed E-state index contributed by atoms with van der Waals surface area (Å²) in [6, 6.07) is 16.8. The molecular weight excluding hydrogens is 454 g/mol. The average Bonchev–Trinajstić information content (AvgIpc) is 2.83. The van der Waals surface area contributed by atoms with Gasteiger partial charge in [-0.1, -0.05) is 42.5 Å². The van der Waals surface area contributed by atoms with E-state index in [0.29, 0.717) is 37.4 Å². The molecule has 0 saturated carbocycles. The second-order valence-corrected chi connectivity index (χ2v) is 7.87. The largest absolute Gasteiger partial charge is 0.466 e. The van der Waals surface area contributed by atoms with Crippen molar-refractivity contribution in [2.24, 2.45) is 0 Å². The first-order valence-corrected chi connectivity index (χ1v) is 11.6. The van der Waals surface area contributed by atoms with Gasteiger partial charge in [0.25, 0.3) is 5.91 Å². The minimum Gasteiger partial charge on any atom is -0.466 e. The number of ether oxygens (including phenoxy) is 2. The third-order valence-corrected chi connectivity index (χ3v) is 4.97. The monoisotopic (exact) mass is 485 g/mol. The summed E-state index contributed by atoms with van der Waals surface area (Å²) in [4.78, 5) is 36.3. The number of nitrogens with one attached hydrogen (secondary N) is 3. The van der Waals surface area contributed by atoms with Crippen molar-refractivity contribution in [1.82, 2.24) is 10.6 Å². The number of carbonyl (C=O) groups is 3. The molecule has 0 unspecified atom stereocenters. The van der Waals surface area contributed by atoms with E-state index >= 15 is 0 Å². The molecule has 34 heavy (non-hydrogen) atoms. The highest BCUT2D eigenvalue weighted by Gasteiger charge is 2.13. The maximum atomic E-state index is 12.3. The first-order chi connectivity index (χ1) is 16.5. The summed E-state index contributed by atoms with van der Waals surface area (Å²) >= 11 is 5.19. The molecule has 182 valence electrons. The molecule has 0 bridgehead atoms. The van der Waals surface area contributed by atoms with Gasteiger partial charge in [0.15, 0.2) is 5.11 Å². The maximum absolute atomic E-state index is 12.3. The molecule has 0 heterocycles. The number of anilines is 1. The van der Waals surface area contributed by atoms with Gasteiger partial charge in [0.1, 0.15) is 0 Å². The van der Waals surface area contributed by atoms with E-state index in [4.69, 9.17) is 21.7 Å². The van der Waals surface area contributed by atoms with Gasteiger partial charge in [-0.25, -0.2) is 0 Å². The summed E-state index contributed by atoms with van der Waals surface area (Å²) in [6.45, 7) is 1.13. The number of para-hydroxylation sites is 1. The highest BCUT2D eigenvalue weighted by Crippen LogP contribution is 2.15. The van der Waals surface area contributed by atoms with Crippen molar-refractivity contribution in [3.63, 3.8) is 0 Å². The molecule has 9 heteroatoms. The van der Waals surface area contributed by atoms with E-state index in [1.54, 1.807) is 31.4 Å². The zero-order valence-electron chi connectivity index (χ0n) is 19.3. The lowest BCUT2D eigenvalue weighted by Gasteiger charge is -2.13. The van der Waals surface area contributed by atoms with E-state index in [-0.39, 0.29) is 35.7 Å². The number of carbonyl (C=O) groups excluding carboxylic acids is 3. The van der Waals surface area contributed by atoms with E-state index in [0.717, 1.165) is 12.8 Å². The fraction of sp³-hybridized carbons (Fsp3) is 0.360. The molecule has 0 atom stereocenters. The standard InChI is InChI=1S/C25H31N3O5S/c1-32-18-16-26-24(31)20-12-5-6-13-21(20)27-25(34)28-22(29)14-7-15-23(30)33-17-8-11-19-9-3-2-4-10-19/h2-6,9-10,12-13H,7-8,11,14-18H2,1H3,(H,26,31)(H2,27,28,29,34). The van der Waals surface area contributed by atoms with Gasteiger partial charge in [-0.3, -0.25) is 14.4 Å². The van der Waals surface area contributed by atoms with Crippen molar-refractivity contribution in [3.8, 4) is 0 Å². The minimum absolute atomic E-state index is 0.0747. The van der Waals surface area contributed by atoms with Crippen LogP contribution in [0.3, 0.4) is 0 Å². The van der Waals surface area contributed by atoms with Crippen LogP contribution in [0.25, 0.3) is 0 Å². The van der Waals surface area contributed by atoms with Crippen LogP contribution in [-0.2, 0) is 25.5 Å². The quantitative estimate of drug-likeness (QED) is 0.227. The second kappa shape index (κ2) is 15.5. The number of esters is 1. The summed E-state index contributed by atoms with van der Waals surface area (Å²) in [5.41, 5.74) is 2.07. The van der Waals surface area contributed by atoms with Gasteiger partial charge in [-0.15, -0.1) is 0 Å². The minimum atomic E-state index is -0.324. The van der Waals surface area contributed by atoms with Gasteiger partial charge in [0, 0.05) is 26.5 Å². The van der Waals surface area contributed by atoms with Crippen LogP contribution in [0.5, 0.6) is 0 Å². The van der Waals surface area contributed by atoms with E-state index < -0.39 is 0 Å². The van der Waals surface area contributed by atoms with Gasteiger partial charge in [-0.2, -0.15) is 0 Å². The third-order valence-electron chi connectivity index (χ3n) is 4.76. The summed E-state index contributed by atoms with van der Waals surface area (Å²) in [7, 11) is 1.55. The van der Waals surface area contributed by atoms with E-state index in [9.17, 15) is 14.4 Å². The number of hydrogen-bond acceptors (Lipinski definition) is 6. The van der Waals surface area contributed by atoms with Crippen molar-refractivity contribution < 1.29 is 23.9 Å². The summed E-state index contributed by atoms with van der Waals surface area (Å²) in [5, 5.41) is 8.26. The van der Waals surface area contributed by atoms with Crippen LogP contribution in [-0.4, -0.2) is 49.8 Å². The molecular formula is C25H31N3O5S. The summed E-state index contributed by atoms with van der Waals surface area (Å²) < 4.78 is 10.1. The fourth-order valence-corrected chi connectivity index (χ4v) is 3.29. The lowest BCUT2D eigenvalue weighted by atomic mass is 10.1. The molecule has 2 aromatic carbocycles. The van der Waals surface area contributed by atoms with Gasteiger partial charge < -0.3 is 25.4 Å². The Balaban J connectivity index is 1.65. The number of aryl methyl sites for hydroxylation is 1. The topological polar surface area (TPSA) is 106 Å². The Morgan fingerprint density at radius 1 is 0.912 bits per heavy atom. The van der Waals surface area contributed by atoms with Crippen molar-refractivity contribution in [2.45, 2.75) is 32.1 Å². The third kappa shape index (κ3) is 10.5. The van der Waals surface area contributed by atoms with Crippen LogP contribution >= 0.6 is 12.2 Å². The molecule has 2 amide bonds. The number of hydrogen-bond donors (Lipinski definition) is 3. The molecule has 0 fully saturated rings.